The van der Waals surface area contributed by atoms with Gasteiger partial charge in [-0.15, -0.1) is 11.3 Å². The zero-order valence-corrected chi connectivity index (χ0v) is 13.7. The van der Waals surface area contributed by atoms with Gasteiger partial charge in [0.2, 0.25) is 5.91 Å². The van der Waals surface area contributed by atoms with Gasteiger partial charge in [0, 0.05) is 11.6 Å². The molecule has 1 aromatic carbocycles. The molecule has 0 aliphatic carbocycles. The molecule has 0 unspecified atom stereocenters. The van der Waals surface area contributed by atoms with Crippen molar-refractivity contribution in [2.45, 2.75) is 17.7 Å². The minimum atomic E-state index is -0.460. The van der Waals surface area contributed by atoms with Crippen molar-refractivity contribution in [3.8, 4) is 0 Å². The number of nitrogens with one attached hydrogen (secondary N) is 2. The predicted octanol–water partition coefficient (Wildman–Crippen LogP) is 3.28. The quantitative estimate of drug-likeness (QED) is 0.817. The highest BCUT2D eigenvalue weighted by Gasteiger charge is 2.10. The van der Waals surface area contributed by atoms with Crippen molar-refractivity contribution in [1.29, 1.82) is 0 Å². The van der Waals surface area contributed by atoms with Crippen molar-refractivity contribution in [3.05, 3.63) is 23.2 Å². The number of benzene rings is 1. The van der Waals surface area contributed by atoms with Gasteiger partial charge in [0.25, 0.3) is 0 Å². The number of thiazole rings is 1. The summed E-state index contributed by atoms with van der Waals surface area (Å²) in [5.41, 5.74) is 0.816. The van der Waals surface area contributed by atoms with Gasteiger partial charge in [0.15, 0.2) is 4.34 Å². The van der Waals surface area contributed by atoms with Crippen molar-refractivity contribution in [1.82, 2.24) is 15.6 Å². The van der Waals surface area contributed by atoms with E-state index in [1.807, 2.05) is 13.0 Å². The number of rotatable bonds is 5. The molecule has 0 spiro atoms. The monoisotopic (exact) mass is 343 g/mol. The lowest BCUT2D eigenvalue weighted by Crippen LogP contribution is -2.40. The molecule has 2 N–H and O–H groups in total. The fourth-order valence-corrected chi connectivity index (χ4v) is 3.53. The molecule has 1 aromatic heterocycles. The van der Waals surface area contributed by atoms with Crippen molar-refractivity contribution in [3.63, 3.8) is 0 Å². The Morgan fingerprint density at radius 3 is 3.00 bits per heavy atom. The summed E-state index contributed by atoms with van der Waals surface area (Å²) in [5.74, 6) is -0.196. The second kappa shape index (κ2) is 7.63. The summed E-state index contributed by atoms with van der Waals surface area (Å²) in [4.78, 5) is 27.3. The van der Waals surface area contributed by atoms with E-state index >= 15 is 0 Å². The minimum Gasteiger partial charge on any atom is -0.338 e. The number of nitrogens with zero attached hydrogens (tertiary/aromatic N) is 1. The number of amides is 3. The maximum Gasteiger partial charge on any atom is 0.321 e. The van der Waals surface area contributed by atoms with E-state index in [0.717, 1.165) is 21.0 Å². The predicted molar refractivity (Wildman–Crippen MR) is 87.2 cm³/mol. The van der Waals surface area contributed by atoms with Crippen LogP contribution in [0.4, 0.5) is 4.79 Å². The maximum atomic E-state index is 11.6. The fourth-order valence-electron chi connectivity index (χ4n) is 1.51. The first kappa shape index (κ1) is 16.1. The molecular formula is C13H14ClN3O2S2. The van der Waals surface area contributed by atoms with Crippen LogP contribution in [0.3, 0.4) is 0 Å². The Labute approximate surface area is 135 Å². The molecule has 112 valence electrons. The third-order valence-corrected chi connectivity index (χ3v) is 4.86. The summed E-state index contributed by atoms with van der Waals surface area (Å²) >= 11 is 8.70. The Kier molecular flexibility index (Phi) is 5.84. The average molecular weight is 344 g/mol. The van der Waals surface area contributed by atoms with Gasteiger partial charge in [-0.3, -0.25) is 10.1 Å². The van der Waals surface area contributed by atoms with Gasteiger partial charge in [-0.2, -0.15) is 0 Å². The van der Waals surface area contributed by atoms with Crippen molar-refractivity contribution in [2.24, 2.45) is 0 Å². The first-order valence-electron chi connectivity index (χ1n) is 6.35. The minimum absolute atomic E-state index is 0.146. The van der Waals surface area contributed by atoms with Crippen LogP contribution in [0.25, 0.3) is 10.2 Å². The molecule has 3 amide bonds. The summed E-state index contributed by atoms with van der Waals surface area (Å²) in [6.07, 6.45) is 0.824. The summed E-state index contributed by atoms with van der Waals surface area (Å²) in [6, 6.07) is 5.04. The van der Waals surface area contributed by atoms with Gasteiger partial charge in [-0.05, 0) is 24.6 Å². The number of urea groups is 1. The molecule has 2 aromatic rings. The molecule has 2 rings (SSSR count). The molecule has 0 saturated heterocycles. The molecule has 0 fully saturated rings. The number of halogens is 1. The molecule has 8 heteroatoms. The maximum absolute atomic E-state index is 11.6. The normalized spacial score (nSPS) is 10.6. The molecule has 0 saturated carbocycles. The van der Waals surface area contributed by atoms with Crippen molar-refractivity contribution in [2.75, 3.05) is 12.3 Å². The van der Waals surface area contributed by atoms with E-state index in [2.05, 4.69) is 15.6 Å². The third-order valence-electron chi connectivity index (χ3n) is 2.45. The fraction of sp³-hybridized carbons (Fsp3) is 0.308. The van der Waals surface area contributed by atoms with Crippen molar-refractivity contribution < 1.29 is 9.59 Å². The summed E-state index contributed by atoms with van der Waals surface area (Å²) in [5, 5.41) is 5.49. The number of carbonyl (C=O) groups excluding carboxylic acids is 2. The lowest BCUT2D eigenvalue weighted by Gasteiger charge is -2.04. The molecule has 0 aliphatic rings. The van der Waals surface area contributed by atoms with E-state index in [9.17, 15) is 9.59 Å². The number of aromatic nitrogens is 1. The number of carbonyl (C=O) groups is 2. The van der Waals surface area contributed by atoms with Gasteiger partial charge in [-0.1, -0.05) is 30.3 Å². The zero-order valence-electron chi connectivity index (χ0n) is 11.3. The SMILES string of the molecule is CCCNC(=O)NC(=O)CSc1nc2cc(Cl)ccc2s1. The molecule has 0 bridgehead atoms. The second-order valence-electron chi connectivity index (χ2n) is 4.18. The van der Waals surface area contributed by atoms with E-state index in [1.54, 1.807) is 12.1 Å². The molecule has 5 nitrogen and oxygen atoms in total. The van der Waals surface area contributed by atoms with Crippen LogP contribution in [0, 0.1) is 0 Å². The highest BCUT2D eigenvalue weighted by atomic mass is 35.5. The van der Waals surface area contributed by atoms with Crippen LogP contribution in [0.2, 0.25) is 5.02 Å². The van der Waals surface area contributed by atoms with Crippen LogP contribution in [0.5, 0.6) is 0 Å². The summed E-state index contributed by atoms with van der Waals surface area (Å²) < 4.78 is 1.79. The third kappa shape index (κ3) is 4.87. The Morgan fingerprint density at radius 2 is 2.24 bits per heavy atom. The van der Waals surface area contributed by atoms with Crippen LogP contribution in [-0.4, -0.2) is 29.2 Å². The van der Waals surface area contributed by atoms with Gasteiger partial charge >= 0.3 is 6.03 Å². The molecule has 0 atom stereocenters. The molecule has 1 heterocycles. The first-order chi connectivity index (χ1) is 10.1. The number of fused-ring (bicyclic) bond motifs is 1. The number of hydrogen-bond donors (Lipinski definition) is 2. The van der Waals surface area contributed by atoms with Crippen LogP contribution in [0.1, 0.15) is 13.3 Å². The van der Waals surface area contributed by atoms with E-state index in [4.69, 9.17) is 11.6 Å². The standard InChI is InChI=1S/C13H14ClN3O2S2/c1-2-5-15-12(19)17-11(18)7-20-13-16-9-6-8(14)3-4-10(9)21-13/h3-4,6H,2,5,7H2,1H3,(H2,15,17,18,19). The second-order valence-corrected chi connectivity index (χ2v) is 6.87. The lowest BCUT2D eigenvalue weighted by molar-refractivity contribution is -0.117. The van der Waals surface area contributed by atoms with E-state index in [1.165, 1.54) is 23.1 Å². The lowest BCUT2D eigenvalue weighted by atomic mass is 10.3. The zero-order chi connectivity index (χ0) is 15.2. The Hall–Kier alpha value is -1.31. The first-order valence-corrected chi connectivity index (χ1v) is 8.53. The Bertz CT molecular complexity index is 660. The largest absolute Gasteiger partial charge is 0.338 e. The van der Waals surface area contributed by atoms with E-state index in [-0.39, 0.29) is 11.7 Å². The molecule has 21 heavy (non-hydrogen) atoms. The van der Waals surface area contributed by atoms with Crippen LogP contribution in [0.15, 0.2) is 22.5 Å². The van der Waals surface area contributed by atoms with Crippen LogP contribution in [-0.2, 0) is 4.79 Å². The van der Waals surface area contributed by atoms with Gasteiger partial charge in [0.1, 0.15) is 0 Å². The van der Waals surface area contributed by atoms with Gasteiger partial charge in [-0.25, -0.2) is 9.78 Å². The topological polar surface area (TPSA) is 71.1 Å². The van der Waals surface area contributed by atoms with Crippen LogP contribution >= 0.6 is 34.7 Å². The summed E-state index contributed by atoms with van der Waals surface area (Å²) in [7, 11) is 0. The van der Waals surface area contributed by atoms with E-state index < -0.39 is 6.03 Å². The highest BCUT2D eigenvalue weighted by Crippen LogP contribution is 2.30. The number of imide groups is 1. The Balaban J connectivity index is 1.86. The van der Waals surface area contributed by atoms with Gasteiger partial charge in [0.05, 0.1) is 16.0 Å². The number of hydrogen-bond acceptors (Lipinski definition) is 5. The molecular weight excluding hydrogens is 330 g/mol. The van der Waals surface area contributed by atoms with Crippen LogP contribution < -0.4 is 10.6 Å². The molecule has 0 radical (unpaired) electrons. The van der Waals surface area contributed by atoms with Gasteiger partial charge < -0.3 is 5.32 Å². The van der Waals surface area contributed by atoms with E-state index in [0.29, 0.717) is 11.6 Å². The van der Waals surface area contributed by atoms with Crippen molar-refractivity contribution >= 4 is 56.9 Å². The highest BCUT2D eigenvalue weighted by molar-refractivity contribution is 8.01. The summed E-state index contributed by atoms with van der Waals surface area (Å²) in [6.45, 7) is 2.49. The molecule has 0 aliphatic heterocycles. The smallest absolute Gasteiger partial charge is 0.321 e. The average Bonchev–Trinajstić information content (AvgIpc) is 2.85. The number of thioether (sulfide) groups is 1. The Morgan fingerprint density at radius 1 is 1.43 bits per heavy atom.